The maximum absolute atomic E-state index is 9.01. The third-order valence-electron chi connectivity index (χ3n) is 2.30. The van der Waals surface area contributed by atoms with E-state index in [0.717, 1.165) is 10.9 Å². The summed E-state index contributed by atoms with van der Waals surface area (Å²) in [6.07, 6.45) is 3.29. The van der Waals surface area contributed by atoms with Crippen molar-refractivity contribution in [2.45, 2.75) is 19.3 Å². The number of aromatic nitrogens is 1. The van der Waals surface area contributed by atoms with E-state index in [9.17, 15) is 0 Å². The minimum atomic E-state index is -0.533. The van der Waals surface area contributed by atoms with Crippen molar-refractivity contribution in [1.82, 2.24) is 4.98 Å². The average Bonchev–Trinajstić information content (AvgIpc) is 2.61. The van der Waals surface area contributed by atoms with Gasteiger partial charge in [0.1, 0.15) is 0 Å². The Balaban J connectivity index is 2.72. The smallest absolute Gasteiger partial charge is 0.226 e. The maximum Gasteiger partial charge on any atom is 0.226 e. The normalized spacial score (nSPS) is 11.5. The molecular formula is C11H10N2O. The average molecular weight is 186 g/mol. The minimum Gasteiger partial charge on any atom is -0.446 e. The van der Waals surface area contributed by atoms with Crippen LogP contribution < -0.4 is 0 Å². The van der Waals surface area contributed by atoms with Gasteiger partial charge in [0.15, 0.2) is 0 Å². The third-order valence-corrected chi connectivity index (χ3v) is 2.30. The Bertz CT molecular complexity index is 505. The lowest BCUT2D eigenvalue weighted by Crippen LogP contribution is -2.12. The molecular weight excluding hydrogens is 176 g/mol. The fraction of sp³-hybridized carbons (Fsp3) is 0.273. The summed E-state index contributed by atoms with van der Waals surface area (Å²) in [5.41, 5.74) is 0.947. The van der Waals surface area contributed by atoms with Crippen molar-refractivity contribution in [3.63, 3.8) is 0 Å². The molecule has 0 spiro atoms. The van der Waals surface area contributed by atoms with Crippen LogP contribution in [0.2, 0.25) is 0 Å². The van der Waals surface area contributed by atoms with E-state index in [0.29, 0.717) is 5.71 Å². The number of nitrogens with zero attached hydrogens (tertiary/aromatic N) is 2. The van der Waals surface area contributed by atoms with Gasteiger partial charge in [-0.1, -0.05) is 0 Å². The molecule has 14 heavy (non-hydrogen) atoms. The summed E-state index contributed by atoms with van der Waals surface area (Å²) in [6, 6.07) is 6.01. The van der Waals surface area contributed by atoms with Crippen molar-refractivity contribution in [3.8, 4) is 6.07 Å². The molecule has 2 heterocycles. The molecule has 0 saturated carbocycles. The summed E-state index contributed by atoms with van der Waals surface area (Å²) in [5, 5.41) is 9.93. The van der Waals surface area contributed by atoms with Crippen molar-refractivity contribution in [2.24, 2.45) is 0 Å². The summed E-state index contributed by atoms with van der Waals surface area (Å²) >= 11 is 0. The zero-order valence-electron chi connectivity index (χ0n) is 8.11. The molecule has 0 bridgehead atoms. The van der Waals surface area contributed by atoms with Crippen LogP contribution in [0.5, 0.6) is 0 Å². The first-order chi connectivity index (χ1) is 6.65. The van der Waals surface area contributed by atoms with Gasteiger partial charge < -0.3 is 4.42 Å². The van der Waals surface area contributed by atoms with E-state index in [-0.39, 0.29) is 0 Å². The highest BCUT2D eigenvalue weighted by atomic mass is 16.3. The fourth-order valence-corrected chi connectivity index (χ4v) is 1.41. The fourth-order valence-electron chi connectivity index (χ4n) is 1.41. The molecule has 0 unspecified atom stereocenters. The first-order valence-electron chi connectivity index (χ1n) is 4.39. The molecule has 0 radical (unpaired) electrons. The van der Waals surface area contributed by atoms with Crippen LogP contribution in [0.25, 0.3) is 11.1 Å². The van der Waals surface area contributed by atoms with Crippen LogP contribution in [-0.2, 0) is 5.41 Å². The van der Waals surface area contributed by atoms with Crippen LogP contribution in [0.3, 0.4) is 0 Å². The van der Waals surface area contributed by atoms with Gasteiger partial charge in [0.05, 0.1) is 17.7 Å². The molecule has 3 nitrogen and oxygen atoms in total. The number of furan rings is 1. The van der Waals surface area contributed by atoms with Gasteiger partial charge in [-0.3, -0.25) is 0 Å². The van der Waals surface area contributed by atoms with E-state index in [1.807, 2.05) is 26.0 Å². The van der Waals surface area contributed by atoms with Gasteiger partial charge in [-0.05, 0) is 26.0 Å². The summed E-state index contributed by atoms with van der Waals surface area (Å²) in [7, 11) is 0. The van der Waals surface area contributed by atoms with E-state index in [4.69, 9.17) is 9.68 Å². The predicted octanol–water partition coefficient (Wildman–Crippen LogP) is 2.63. The van der Waals surface area contributed by atoms with E-state index in [1.54, 1.807) is 12.5 Å². The first kappa shape index (κ1) is 8.76. The number of hydrogen-bond donors (Lipinski definition) is 0. The van der Waals surface area contributed by atoms with Gasteiger partial charge in [0, 0.05) is 17.1 Å². The number of nitriles is 1. The number of rotatable bonds is 1. The monoisotopic (exact) mass is 186 g/mol. The Kier molecular flexibility index (Phi) is 1.78. The van der Waals surface area contributed by atoms with Gasteiger partial charge >= 0.3 is 0 Å². The molecule has 0 amide bonds. The van der Waals surface area contributed by atoms with Gasteiger partial charge in [-0.25, -0.2) is 4.98 Å². The van der Waals surface area contributed by atoms with E-state index >= 15 is 0 Å². The van der Waals surface area contributed by atoms with Gasteiger partial charge in [-0.15, -0.1) is 0 Å². The molecule has 0 atom stereocenters. The molecule has 3 heteroatoms. The highest BCUT2D eigenvalue weighted by molar-refractivity contribution is 5.79. The van der Waals surface area contributed by atoms with Crippen LogP contribution in [0, 0.1) is 11.3 Å². The second-order valence-electron chi connectivity index (χ2n) is 3.74. The Morgan fingerprint density at radius 1 is 1.50 bits per heavy atom. The molecule has 0 fully saturated rings. The van der Waals surface area contributed by atoms with Gasteiger partial charge in [0.2, 0.25) is 5.71 Å². The molecule has 0 N–H and O–H groups in total. The molecule has 70 valence electrons. The first-order valence-corrected chi connectivity index (χ1v) is 4.39. The molecule has 2 aromatic heterocycles. The topological polar surface area (TPSA) is 49.8 Å². The number of fused-ring (bicyclic) bond motifs is 1. The zero-order chi connectivity index (χ0) is 10.2. The second kappa shape index (κ2) is 2.85. The highest BCUT2D eigenvalue weighted by Gasteiger charge is 2.24. The highest BCUT2D eigenvalue weighted by Crippen LogP contribution is 2.30. The molecule has 0 aliphatic heterocycles. The lowest BCUT2D eigenvalue weighted by Gasteiger charge is -2.12. The van der Waals surface area contributed by atoms with E-state index in [1.165, 1.54) is 0 Å². The standard InChI is InChI=1S/C11H10N2O/c1-11(2,7-12)9-6-14-10-8(9)4-3-5-13-10/h3-6H,1-2H3. The maximum atomic E-state index is 9.01. The van der Waals surface area contributed by atoms with Crippen LogP contribution in [0.4, 0.5) is 0 Å². The Morgan fingerprint density at radius 3 is 3.00 bits per heavy atom. The minimum absolute atomic E-state index is 0.533. The molecule has 0 aliphatic carbocycles. The largest absolute Gasteiger partial charge is 0.446 e. The Morgan fingerprint density at radius 2 is 2.29 bits per heavy atom. The van der Waals surface area contributed by atoms with Crippen molar-refractivity contribution >= 4 is 11.1 Å². The molecule has 2 rings (SSSR count). The van der Waals surface area contributed by atoms with Gasteiger partial charge in [0.25, 0.3) is 0 Å². The van der Waals surface area contributed by atoms with E-state index in [2.05, 4.69) is 11.1 Å². The molecule has 0 aliphatic rings. The number of hydrogen-bond acceptors (Lipinski definition) is 3. The molecule has 2 aromatic rings. The SMILES string of the molecule is CC(C)(C#N)c1coc2ncccc12. The van der Waals surface area contributed by atoms with Gasteiger partial charge in [-0.2, -0.15) is 5.26 Å². The summed E-state index contributed by atoms with van der Waals surface area (Å²) in [6.45, 7) is 3.73. The van der Waals surface area contributed by atoms with Crippen molar-refractivity contribution in [3.05, 3.63) is 30.2 Å². The van der Waals surface area contributed by atoms with Crippen LogP contribution >= 0.6 is 0 Å². The predicted molar refractivity (Wildman–Crippen MR) is 52.6 cm³/mol. The number of pyridine rings is 1. The van der Waals surface area contributed by atoms with Crippen molar-refractivity contribution in [1.29, 1.82) is 5.26 Å². The van der Waals surface area contributed by atoms with Crippen LogP contribution in [0.1, 0.15) is 19.4 Å². The lowest BCUT2D eigenvalue weighted by molar-refractivity contribution is 0.582. The summed E-state index contributed by atoms with van der Waals surface area (Å²) < 4.78 is 5.27. The van der Waals surface area contributed by atoms with Crippen LogP contribution in [0.15, 0.2) is 29.0 Å². The van der Waals surface area contributed by atoms with E-state index < -0.39 is 5.41 Å². The van der Waals surface area contributed by atoms with Crippen LogP contribution in [-0.4, -0.2) is 4.98 Å². The summed E-state index contributed by atoms with van der Waals surface area (Å²) in [4.78, 5) is 4.07. The molecule has 0 aromatic carbocycles. The zero-order valence-corrected chi connectivity index (χ0v) is 8.11. The lowest BCUT2D eigenvalue weighted by atomic mass is 9.87. The van der Waals surface area contributed by atoms with Crippen molar-refractivity contribution < 1.29 is 4.42 Å². The van der Waals surface area contributed by atoms with Crippen molar-refractivity contribution in [2.75, 3.05) is 0 Å². The molecule has 0 saturated heterocycles. The Hall–Kier alpha value is -1.82. The summed E-state index contributed by atoms with van der Waals surface area (Å²) in [5.74, 6) is 0. The Labute approximate surface area is 82.0 Å². The second-order valence-corrected chi connectivity index (χ2v) is 3.74. The quantitative estimate of drug-likeness (QED) is 0.687. The third kappa shape index (κ3) is 1.16.